The summed E-state index contributed by atoms with van der Waals surface area (Å²) >= 11 is 0. The van der Waals surface area contributed by atoms with Gasteiger partial charge in [0, 0.05) is 0 Å². The van der Waals surface area contributed by atoms with Crippen molar-refractivity contribution in [1.29, 1.82) is 0 Å². The van der Waals surface area contributed by atoms with Crippen LogP contribution in [0.4, 0.5) is 17.1 Å². The first-order valence-electron chi connectivity index (χ1n) is 16.2. The van der Waals surface area contributed by atoms with E-state index in [1.54, 1.807) is 72.8 Å². The summed E-state index contributed by atoms with van der Waals surface area (Å²) in [5.74, 6) is -3.56. The lowest BCUT2D eigenvalue weighted by molar-refractivity contribution is -0.115. The highest BCUT2D eigenvalue weighted by atomic mass is 16.2. The summed E-state index contributed by atoms with van der Waals surface area (Å²) < 4.78 is 0. The number of hydrogen-bond acceptors (Lipinski definition) is 6. The van der Waals surface area contributed by atoms with E-state index in [1.807, 2.05) is 20.8 Å². The molecule has 3 amide bonds. The maximum Gasteiger partial charge on any atom is 0.299 e. The molecular weight excluding hydrogens is 606 g/mol. The second kappa shape index (κ2) is 11.8. The first kappa shape index (κ1) is 30.9. The molecular formula is C39H33N3O6. The normalized spacial score (nSPS) is 15.2. The molecule has 4 aromatic rings. The second-order valence-corrected chi connectivity index (χ2v) is 12.1. The minimum atomic E-state index is -0.619. The lowest BCUT2D eigenvalue weighted by atomic mass is 9.82. The van der Waals surface area contributed by atoms with Crippen LogP contribution in [0.1, 0.15) is 85.2 Å². The molecule has 3 aliphatic rings. The number of nitrogens with zero attached hydrogens (tertiary/aromatic N) is 3. The van der Waals surface area contributed by atoms with Gasteiger partial charge in [-0.3, -0.25) is 28.8 Å². The molecule has 0 aromatic heterocycles. The third kappa shape index (κ3) is 4.52. The Kier molecular flexibility index (Phi) is 7.62. The molecule has 0 saturated carbocycles. The number of carbonyl (C=O) groups is 6. The molecule has 7 rings (SSSR count). The predicted octanol–water partition coefficient (Wildman–Crippen LogP) is 5.56. The molecule has 0 aliphatic carbocycles. The van der Waals surface area contributed by atoms with Crippen molar-refractivity contribution >= 4 is 52.1 Å². The summed E-state index contributed by atoms with van der Waals surface area (Å²) in [4.78, 5) is 83.9. The number of anilines is 3. The fourth-order valence-electron chi connectivity index (χ4n) is 7.64. The predicted molar refractivity (Wildman–Crippen MR) is 180 cm³/mol. The smallest absolute Gasteiger partial charge is 0.299 e. The molecule has 0 fully saturated rings. The van der Waals surface area contributed by atoms with Crippen LogP contribution in [-0.4, -0.2) is 35.1 Å². The number of benzene rings is 4. The number of rotatable bonds is 9. The van der Waals surface area contributed by atoms with Crippen LogP contribution in [0.2, 0.25) is 0 Å². The summed E-state index contributed by atoms with van der Waals surface area (Å²) in [6.07, 6.45) is 1.64. The van der Waals surface area contributed by atoms with E-state index >= 15 is 0 Å². The number of fused-ring (bicyclic) bond motifs is 3. The molecule has 3 heterocycles. The van der Waals surface area contributed by atoms with Crippen LogP contribution in [0.5, 0.6) is 0 Å². The van der Waals surface area contributed by atoms with Gasteiger partial charge >= 0.3 is 0 Å². The van der Waals surface area contributed by atoms with Gasteiger partial charge in [0.2, 0.25) is 0 Å². The first-order valence-corrected chi connectivity index (χ1v) is 16.2. The Morgan fingerprint density at radius 2 is 0.625 bits per heavy atom. The fourth-order valence-corrected chi connectivity index (χ4v) is 7.64. The van der Waals surface area contributed by atoms with Gasteiger partial charge in [0.05, 0.1) is 53.4 Å². The van der Waals surface area contributed by atoms with E-state index in [1.165, 1.54) is 14.7 Å². The number of Topliss-reactive ketones (excluding diaryl/α,β-unsaturated/α-hetero) is 3. The van der Waals surface area contributed by atoms with Crippen molar-refractivity contribution in [3.63, 3.8) is 0 Å². The molecule has 240 valence electrons. The zero-order chi connectivity index (χ0) is 33.9. The Bertz CT molecular complexity index is 1860. The standard InChI is InChI=1S/C39H33N3O6/c1-4-22-28(19-40-31-16-10-7-13-25(31)34(43)37(40)46)23(5-2)30(21-42-33-18-12-9-15-27(33)36(45)39(42)48)24(6-3)29(22)20-41-32-17-11-8-14-26(32)35(44)38(41)47/h7-18H,4-6,19-21H2,1-3H3. The number of ketones is 3. The van der Waals surface area contributed by atoms with E-state index in [9.17, 15) is 28.8 Å². The quantitative estimate of drug-likeness (QED) is 0.222. The Balaban J connectivity index is 1.44. The fraction of sp³-hybridized carbons (Fsp3) is 0.231. The minimum absolute atomic E-state index is 0.102. The third-order valence-corrected chi connectivity index (χ3v) is 9.83. The van der Waals surface area contributed by atoms with Crippen molar-refractivity contribution in [2.24, 2.45) is 0 Å². The van der Waals surface area contributed by atoms with E-state index in [2.05, 4.69) is 0 Å². The lowest BCUT2D eigenvalue weighted by Gasteiger charge is -2.31. The molecule has 48 heavy (non-hydrogen) atoms. The van der Waals surface area contributed by atoms with E-state index < -0.39 is 35.1 Å². The van der Waals surface area contributed by atoms with E-state index in [4.69, 9.17) is 0 Å². The number of amides is 3. The number of carbonyl (C=O) groups excluding carboxylic acids is 6. The van der Waals surface area contributed by atoms with Crippen molar-refractivity contribution in [2.45, 2.75) is 59.7 Å². The van der Waals surface area contributed by atoms with Crippen LogP contribution >= 0.6 is 0 Å². The van der Waals surface area contributed by atoms with Crippen molar-refractivity contribution in [3.8, 4) is 0 Å². The summed E-state index contributed by atoms with van der Waals surface area (Å²) in [5.41, 5.74) is 7.89. The minimum Gasteiger partial charge on any atom is -0.300 e. The summed E-state index contributed by atoms with van der Waals surface area (Å²) in [6, 6.07) is 20.8. The van der Waals surface area contributed by atoms with Gasteiger partial charge in [0.15, 0.2) is 0 Å². The van der Waals surface area contributed by atoms with Crippen molar-refractivity contribution < 1.29 is 28.8 Å². The van der Waals surface area contributed by atoms with Gasteiger partial charge in [-0.25, -0.2) is 0 Å². The molecule has 3 aliphatic heterocycles. The van der Waals surface area contributed by atoms with Crippen molar-refractivity contribution in [1.82, 2.24) is 0 Å². The van der Waals surface area contributed by atoms with Gasteiger partial charge in [0.1, 0.15) is 0 Å². The summed E-state index contributed by atoms with van der Waals surface area (Å²) in [6.45, 7) is 6.33. The summed E-state index contributed by atoms with van der Waals surface area (Å²) in [7, 11) is 0. The van der Waals surface area contributed by atoms with Gasteiger partial charge in [-0.2, -0.15) is 0 Å². The average Bonchev–Trinajstić information content (AvgIpc) is 3.61. The zero-order valence-electron chi connectivity index (χ0n) is 27.0. The molecule has 0 saturated heterocycles. The van der Waals surface area contributed by atoms with E-state index in [0.29, 0.717) is 53.0 Å². The van der Waals surface area contributed by atoms with Gasteiger partial charge in [-0.15, -0.1) is 0 Å². The Morgan fingerprint density at radius 1 is 0.375 bits per heavy atom. The van der Waals surface area contributed by atoms with Crippen molar-refractivity contribution in [3.05, 3.63) is 123 Å². The van der Waals surface area contributed by atoms with Crippen LogP contribution < -0.4 is 14.7 Å². The van der Waals surface area contributed by atoms with Crippen LogP contribution in [0.25, 0.3) is 0 Å². The molecule has 0 bridgehead atoms. The molecule has 0 unspecified atom stereocenters. The highest BCUT2D eigenvalue weighted by molar-refractivity contribution is 6.53. The largest absolute Gasteiger partial charge is 0.300 e. The SMILES string of the molecule is CCc1c(CN2C(=O)C(=O)c3ccccc32)c(CC)c(CN2C(=O)C(=O)c3ccccc32)c(CC)c1CN1C(=O)C(=O)c2ccccc21. The van der Waals surface area contributed by atoms with E-state index in [0.717, 1.165) is 33.4 Å². The van der Waals surface area contributed by atoms with Crippen LogP contribution in [0, 0.1) is 0 Å². The maximum absolute atomic E-state index is 13.4. The van der Waals surface area contributed by atoms with Gasteiger partial charge in [-0.05, 0) is 89.0 Å². The molecule has 0 spiro atoms. The molecule has 9 heteroatoms. The zero-order valence-corrected chi connectivity index (χ0v) is 27.0. The van der Waals surface area contributed by atoms with Gasteiger partial charge in [0.25, 0.3) is 35.1 Å². The highest BCUT2D eigenvalue weighted by Gasteiger charge is 2.40. The average molecular weight is 640 g/mol. The Labute approximate surface area is 277 Å². The monoisotopic (exact) mass is 639 g/mol. The van der Waals surface area contributed by atoms with Crippen LogP contribution in [0.3, 0.4) is 0 Å². The lowest BCUT2D eigenvalue weighted by Crippen LogP contribution is -2.34. The highest BCUT2D eigenvalue weighted by Crippen LogP contribution is 2.40. The van der Waals surface area contributed by atoms with Crippen molar-refractivity contribution in [2.75, 3.05) is 14.7 Å². The molecule has 0 N–H and O–H groups in total. The molecule has 0 atom stereocenters. The van der Waals surface area contributed by atoms with Crippen LogP contribution in [0.15, 0.2) is 72.8 Å². The third-order valence-electron chi connectivity index (χ3n) is 9.83. The Morgan fingerprint density at radius 3 is 0.875 bits per heavy atom. The maximum atomic E-state index is 13.4. The van der Waals surface area contributed by atoms with Crippen LogP contribution in [-0.2, 0) is 53.3 Å². The number of hydrogen-bond donors (Lipinski definition) is 0. The van der Waals surface area contributed by atoms with E-state index in [-0.39, 0.29) is 19.6 Å². The molecule has 9 nitrogen and oxygen atoms in total. The molecule has 0 radical (unpaired) electrons. The number of para-hydroxylation sites is 3. The first-order chi connectivity index (χ1) is 23.2. The van der Waals surface area contributed by atoms with Gasteiger partial charge < -0.3 is 14.7 Å². The van der Waals surface area contributed by atoms with Gasteiger partial charge in [-0.1, -0.05) is 57.2 Å². The Hall–Kier alpha value is -5.70. The summed E-state index contributed by atoms with van der Waals surface area (Å²) in [5, 5.41) is 0. The second-order valence-electron chi connectivity index (χ2n) is 12.1. The topological polar surface area (TPSA) is 112 Å². The molecule has 4 aromatic carbocycles.